The number of amides is 2. The van der Waals surface area contributed by atoms with Crippen LogP contribution in [0.25, 0.3) is 0 Å². The van der Waals surface area contributed by atoms with Gasteiger partial charge in [-0.2, -0.15) is 0 Å². The van der Waals surface area contributed by atoms with Gasteiger partial charge in [-0.3, -0.25) is 4.79 Å². The van der Waals surface area contributed by atoms with Crippen LogP contribution in [0, 0.1) is 0 Å². The minimum absolute atomic E-state index is 0.0955. The molecule has 1 rings (SSSR count). The smallest absolute Gasteiger partial charge is 0.408 e. The maximum atomic E-state index is 12.0. The van der Waals surface area contributed by atoms with Crippen LogP contribution in [0.4, 0.5) is 4.79 Å². The molecule has 0 aliphatic carbocycles. The van der Waals surface area contributed by atoms with E-state index in [1.54, 1.807) is 20.8 Å². The van der Waals surface area contributed by atoms with Crippen LogP contribution in [0.15, 0.2) is 0 Å². The van der Waals surface area contributed by atoms with Gasteiger partial charge in [-0.1, -0.05) is 13.3 Å². The van der Waals surface area contributed by atoms with Gasteiger partial charge >= 0.3 is 6.09 Å². The Bertz CT molecular complexity index is 323. The van der Waals surface area contributed by atoms with E-state index in [4.69, 9.17) is 4.74 Å². The lowest BCUT2D eigenvalue weighted by molar-refractivity contribution is -0.123. The predicted octanol–water partition coefficient (Wildman–Crippen LogP) is 2.35. The molecule has 1 fully saturated rings. The molecule has 0 spiro atoms. The molecule has 0 radical (unpaired) electrons. The largest absolute Gasteiger partial charge is 0.444 e. The summed E-state index contributed by atoms with van der Waals surface area (Å²) >= 11 is 0. The van der Waals surface area contributed by atoms with Crippen molar-refractivity contribution in [2.75, 3.05) is 0 Å². The van der Waals surface area contributed by atoms with Gasteiger partial charge in [0.15, 0.2) is 0 Å². The van der Waals surface area contributed by atoms with E-state index in [0.29, 0.717) is 6.42 Å². The Morgan fingerprint density at radius 3 is 2.68 bits per heavy atom. The zero-order chi connectivity index (χ0) is 14.5. The highest BCUT2D eigenvalue weighted by Crippen LogP contribution is 2.14. The average molecular weight is 270 g/mol. The summed E-state index contributed by atoms with van der Waals surface area (Å²) in [7, 11) is 0. The number of carbonyl (C=O) groups excluding carboxylic acids is 2. The molecule has 2 N–H and O–H groups in total. The number of ether oxygens (including phenoxy) is 1. The summed E-state index contributed by atoms with van der Waals surface area (Å²) < 4.78 is 5.17. The molecule has 0 aromatic rings. The van der Waals surface area contributed by atoms with Crippen LogP contribution < -0.4 is 10.6 Å². The molecule has 1 aliphatic rings. The van der Waals surface area contributed by atoms with E-state index in [0.717, 1.165) is 25.7 Å². The highest BCUT2D eigenvalue weighted by atomic mass is 16.6. The second-order valence-electron chi connectivity index (χ2n) is 6.12. The number of alkyl carbamates (subject to hydrolysis) is 1. The lowest BCUT2D eigenvalue weighted by atomic mass is 10.1. The van der Waals surface area contributed by atoms with E-state index in [2.05, 4.69) is 17.6 Å². The highest BCUT2D eigenvalue weighted by molar-refractivity contribution is 5.86. The molecule has 2 atom stereocenters. The Morgan fingerprint density at radius 2 is 2.11 bits per heavy atom. The van der Waals surface area contributed by atoms with Crippen LogP contribution in [0.5, 0.6) is 0 Å². The zero-order valence-electron chi connectivity index (χ0n) is 12.4. The Kier molecular flexibility index (Phi) is 5.63. The van der Waals surface area contributed by atoms with Crippen molar-refractivity contribution in [1.29, 1.82) is 0 Å². The maximum absolute atomic E-state index is 12.0. The summed E-state index contributed by atoms with van der Waals surface area (Å²) in [4.78, 5) is 23.7. The van der Waals surface area contributed by atoms with Crippen molar-refractivity contribution in [2.45, 2.75) is 77.5 Å². The Hall–Kier alpha value is -1.26. The van der Waals surface area contributed by atoms with Crippen molar-refractivity contribution in [3.63, 3.8) is 0 Å². The van der Waals surface area contributed by atoms with Crippen molar-refractivity contribution in [3.8, 4) is 0 Å². The summed E-state index contributed by atoms with van der Waals surface area (Å²) in [6.07, 6.45) is 4.10. The fourth-order valence-corrected chi connectivity index (χ4v) is 2.23. The second-order valence-corrected chi connectivity index (χ2v) is 6.12. The van der Waals surface area contributed by atoms with Crippen LogP contribution in [0.3, 0.4) is 0 Å². The fourth-order valence-electron chi connectivity index (χ4n) is 2.23. The number of nitrogens with one attached hydrogen (secondary N) is 2. The normalized spacial score (nSPS) is 24.3. The van der Waals surface area contributed by atoms with E-state index >= 15 is 0 Å². The molecule has 110 valence electrons. The third kappa shape index (κ3) is 5.94. The third-order valence-electron chi connectivity index (χ3n) is 3.04. The Labute approximate surface area is 115 Å². The molecule has 5 nitrogen and oxygen atoms in total. The lowest BCUT2D eigenvalue weighted by Crippen LogP contribution is -2.48. The molecule has 0 saturated carbocycles. The van der Waals surface area contributed by atoms with Crippen molar-refractivity contribution in [2.24, 2.45) is 0 Å². The molecule has 0 unspecified atom stereocenters. The molecule has 0 aromatic carbocycles. The zero-order valence-corrected chi connectivity index (χ0v) is 12.4. The number of hydrogen-bond donors (Lipinski definition) is 2. The minimum atomic E-state index is -0.546. The standard InChI is InChI=1S/C14H26N2O3/c1-5-7-10-8-6-9-11(12(17)15-10)16-13(18)19-14(2,3)4/h10-11H,5-9H2,1-4H3,(H,15,17)(H,16,18)/t10-,11+/m1/s1. The predicted molar refractivity (Wildman–Crippen MR) is 73.8 cm³/mol. The SMILES string of the molecule is CCC[C@@H]1CCC[C@H](NC(=O)OC(C)(C)C)C(=O)N1. The first-order valence-electron chi connectivity index (χ1n) is 7.11. The van der Waals surface area contributed by atoms with Gasteiger partial charge in [0.1, 0.15) is 11.6 Å². The van der Waals surface area contributed by atoms with E-state index < -0.39 is 17.7 Å². The van der Waals surface area contributed by atoms with Crippen molar-refractivity contribution >= 4 is 12.0 Å². The topological polar surface area (TPSA) is 67.4 Å². The molecule has 1 aliphatic heterocycles. The molecule has 1 saturated heterocycles. The van der Waals surface area contributed by atoms with Crippen molar-refractivity contribution in [1.82, 2.24) is 10.6 Å². The van der Waals surface area contributed by atoms with Crippen LogP contribution in [-0.4, -0.2) is 29.7 Å². The maximum Gasteiger partial charge on any atom is 0.408 e. The van der Waals surface area contributed by atoms with E-state index in [1.165, 1.54) is 0 Å². The van der Waals surface area contributed by atoms with Gasteiger partial charge in [0, 0.05) is 6.04 Å². The third-order valence-corrected chi connectivity index (χ3v) is 3.04. The van der Waals surface area contributed by atoms with Gasteiger partial charge in [-0.15, -0.1) is 0 Å². The van der Waals surface area contributed by atoms with Gasteiger partial charge in [0.2, 0.25) is 5.91 Å². The summed E-state index contributed by atoms with van der Waals surface area (Å²) in [5.41, 5.74) is -0.546. The summed E-state index contributed by atoms with van der Waals surface area (Å²) in [6, 6.07) is -0.236. The number of carbonyl (C=O) groups is 2. The molecule has 5 heteroatoms. The van der Waals surface area contributed by atoms with Crippen LogP contribution in [0.2, 0.25) is 0 Å². The first-order chi connectivity index (χ1) is 8.81. The van der Waals surface area contributed by atoms with Crippen LogP contribution in [-0.2, 0) is 9.53 Å². The van der Waals surface area contributed by atoms with E-state index in [9.17, 15) is 9.59 Å². The molecule has 2 amide bonds. The molecule has 19 heavy (non-hydrogen) atoms. The second kappa shape index (κ2) is 6.78. The van der Waals surface area contributed by atoms with Gasteiger partial charge in [0.25, 0.3) is 0 Å². The van der Waals surface area contributed by atoms with E-state index in [1.807, 2.05) is 0 Å². The molecular weight excluding hydrogens is 244 g/mol. The van der Waals surface area contributed by atoms with Crippen LogP contribution in [0.1, 0.15) is 59.8 Å². The summed E-state index contributed by atoms with van der Waals surface area (Å²) in [5, 5.41) is 5.64. The highest BCUT2D eigenvalue weighted by Gasteiger charge is 2.28. The first-order valence-corrected chi connectivity index (χ1v) is 7.11. The molecule has 1 heterocycles. The Balaban J connectivity index is 2.50. The fraction of sp³-hybridized carbons (Fsp3) is 0.857. The summed E-state index contributed by atoms with van der Waals surface area (Å²) in [6.45, 7) is 7.51. The van der Waals surface area contributed by atoms with E-state index in [-0.39, 0.29) is 11.9 Å². The minimum Gasteiger partial charge on any atom is -0.444 e. The number of hydrogen-bond acceptors (Lipinski definition) is 3. The molecule has 0 bridgehead atoms. The first kappa shape index (κ1) is 15.8. The van der Waals surface area contributed by atoms with Crippen molar-refractivity contribution in [3.05, 3.63) is 0 Å². The molecular formula is C14H26N2O3. The average Bonchev–Trinajstić information content (AvgIpc) is 2.39. The lowest BCUT2D eigenvalue weighted by Gasteiger charge is -2.22. The van der Waals surface area contributed by atoms with Gasteiger partial charge in [-0.05, 0) is 46.5 Å². The van der Waals surface area contributed by atoms with Gasteiger partial charge < -0.3 is 15.4 Å². The van der Waals surface area contributed by atoms with Gasteiger partial charge in [0.05, 0.1) is 0 Å². The van der Waals surface area contributed by atoms with Crippen LogP contribution >= 0.6 is 0 Å². The Morgan fingerprint density at radius 1 is 1.42 bits per heavy atom. The van der Waals surface area contributed by atoms with Gasteiger partial charge in [-0.25, -0.2) is 4.79 Å². The summed E-state index contributed by atoms with van der Waals surface area (Å²) in [5.74, 6) is -0.0955. The number of rotatable bonds is 3. The van der Waals surface area contributed by atoms with Crippen molar-refractivity contribution < 1.29 is 14.3 Å². The quantitative estimate of drug-likeness (QED) is 0.827. The monoisotopic (exact) mass is 270 g/mol. The molecule has 0 aromatic heterocycles.